The standard InChI is InChI=1S/C15H13BrN2/c1-10-3-5-12(6-4-10)15-17-14(16)13-9-11(2)7-8-18(13)15/h3-9H,1-2H3. The molecule has 0 aliphatic rings. The largest absolute Gasteiger partial charge is 0.299 e. The molecule has 0 fully saturated rings. The van der Waals surface area contributed by atoms with Crippen LogP contribution in [0.1, 0.15) is 11.1 Å². The second-order valence-corrected chi connectivity index (χ2v) is 5.30. The molecule has 0 N–H and O–H groups in total. The van der Waals surface area contributed by atoms with E-state index in [2.05, 4.69) is 81.8 Å². The minimum absolute atomic E-state index is 0.891. The van der Waals surface area contributed by atoms with E-state index in [1.807, 2.05) is 0 Å². The third kappa shape index (κ3) is 1.85. The van der Waals surface area contributed by atoms with Crippen molar-refractivity contribution in [1.29, 1.82) is 0 Å². The maximum atomic E-state index is 4.61. The van der Waals surface area contributed by atoms with Crippen molar-refractivity contribution < 1.29 is 0 Å². The Bertz CT molecular complexity index is 711. The number of fused-ring (bicyclic) bond motifs is 1. The summed E-state index contributed by atoms with van der Waals surface area (Å²) in [6, 6.07) is 12.7. The fraction of sp³-hybridized carbons (Fsp3) is 0.133. The molecule has 0 spiro atoms. The lowest BCUT2D eigenvalue weighted by Crippen LogP contribution is -1.89. The van der Waals surface area contributed by atoms with Crippen LogP contribution in [0.5, 0.6) is 0 Å². The number of imidazole rings is 1. The van der Waals surface area contributed by atoms with Gasteiger partial charge in [0.1, 0.15) is 10.4 Å². The summed E-state index contributed by atoms with van der Waals surface area (Å²) >= 11 is 3.53. The van der Waals surface area contributed by atoms with Gasteiger partial charge in [0.2, 0.25) is 0 Å². The van der Waals surface area contributed by atoms with E-state index >= 15 is 0 Å². The third-order valence-electron chi connectivity index (χ3n) is 3.06. The molecule has 2 heterocycles. The van der Waals surface area contributed by atoms with Crippen LogP contribution in [0.15, 0.2) is 47.2 Å². The molecule has 0 unspecified atom stereocenters. The van der Waals surface area contributed by atoms with Crippen LogP contribution in [-0.2, 0) is 0 Å². The van der Waals surface area contributed by atoms with E-state index < -0.39 is 0 Å². The Labute approximate surface area is 114 Å². The minimum Gasteiger partial charge on any atom is -0.299 e. The Morgan fingerprint density at radius 3 is 2.44 bits per heavy atom. The molecule has 0 amide bonds. The Kier molecular flexibility index (Phi) is 2.71. The molecular weight excluding hydrogens is 288 g/mol. The highest BCUT2D eigenvalue weighted by molar-refractivity contribution is 9.10. The van der Waals surface area contributed by atoms with E-state index in [4.69, 9.17) is 0 Å². The average molecular weight is 301 g/mol. The fourth-order valence-corrected chi connectivity index (χ4v) is 2.53. The summed E-state index contributed by atoms with van der Waals surface area (Å²) in [5, 5.41) is 0. The number of rotatable bonds is 1. The van der Waals surface area contributed by atoms with Crippen LogP contribution in [0.3, 0.4) is 0 Å². The topological polar surface area (TPSA) is 17.3 Å². The first-order valence-electron chi connectivity index (χ1n) is 5.86. The number of hydrogen-bond donors (Lipinski definition) is 0. The van der Waals surface area contributed by atoms with Gasteiger partial charge in [0, 0.05) is 11.8 Å². The monoisotopic (exact) mass is 300 g/mol. The number of benzene rings is 1. The van der Waals surface area contributed by atoms with Crippen LogP contribution in [0.2, 0.25) is 0 Å². The summed E-state index contributed by atoms with van der Waals surface area (Å²) in [5.74, 6) is 0.969. The number of hydrogen-bond acceptors (Lipinski definition) is 1. The summed E-state index contributed by atoms with van der Waals surface area (Å²) in [6.07, 6.45) is 2.07. The Hall–Kier alpha value is -1.61. The van der Waals surface area contributed by atoms with Gasteiger partial charge in [-0.3, -0.25) is 4.40 Å². The number of aromatic nitrogens is 2. The molecule has 0 bridgehead atoms. The maximum absolute atomic E-state index is 4.61. The van der Waals surface area contributed by atoms with Gasteiger partial charge in [-0.1, -0.05) is 29.8 Å². The van der Waals surface area contributed by atoms with Crippen molar-refractivity contribution >= 4 is 21.4 Å². The summed E-state index contributed by atoms with van der Waals surface area (Å²) in [7, 11) is 0. The van der Waals surface area contributed by atoms with Gasteiger partial charge in [0.25, 0.3) is 0 Å². The van der Waals surface area contributed by atoms with Gasteiger partial charge in [0.05, 0.1) is 5.52 Å². The molecule has 3 aromatic rings. The van der Waals surface area contributed by atoms with Gasteiger partial charge in [-0.05, 0) is 47.5 Å². The first-order valence-corrected chi connectivity index (χ1v) is 6.66. The van der Waals surface area contributed by atoms with Crippen molar-refractivity contribution in [3.05, 3.63) is 58.3 Å². The molecule has 2 nitrogen and oxygen atoms in total. The van der Waals surface area contributed by atoms with Gasteiger partial charge in [-0.25, -0.2) is 4.98 Å². The van der Waals surface area contributed by atoms with E-state index in [9.17, 15) is 0 Å². The molecule has 3 rings (SSSR count). The molecule has 0 saturated heterocycles. The van der Waals surface area contributed by atoms with Crippen LogP contribution < -0.4 is 0 Å². The van der Waals surface area contributed by atoms with E-state index in [1.165, 1.54) is 11.1 Å². The van der Waals surface area contributed by atoms with E-state index in [0.29, 0.717) is 0 Å². The molecule has 18 heavy (non-hydrogen) atoms. The molecule has 0 atom stereocenters. The van der Waals surface area contributed by atoms with Gasteiger partial charge < -0.3 is 0 Å². The molecule has 2 aromatic heterocycles. The highest BCUT2D eigenvalue weighted by Crippen LogP contribution is 2.26. The van der Waals surface area contributed by atoms with Gasteiger partial charge in [-0.2, -0.15) is 0 Å². The predicted octanol–water partition coefficient (Wildman–Crippen LogP) is 4.38. The fourth-order valence-electron chi connectivity index (χ4n) is 2.06. The predicted molar refractivity (Wildman–Crippen MR) is 77.8 cm³/mol. The van der Waals surface area contributed by atoms with Crippen molar-refractivity contribution in [2.24, 2.45) is 0 Å². The Morgan fingerprint density at radius 2 is 1.72 bits per heavy atom. The SMILES string of the molecule is Cc1ccc(-c2nc(Br)c3cc(C)ccn23)cc1. The lowest BCUT2D eigenvalue weighted by molar-refractivity contribution is 1.15. The molecule has 90 valence electrons. The van der Waals surface area contributed by atoms with E-state index in [1.54, 1.807) is 0 Å². The zero-order valence-corrected chi connectivity index (χ0v) is 11.9. The van der Waals surface area contributed by atoms with Crippen molar-refractivity contribution in [2.75, 3.05) is 0 Å². The molecule has 0 aliphatic heterocycles. The quantitative estimate of drug-likeness (QED) is 0.652. The lowest BCUT2D eigenvalue weighted by Gasteiger charge is -2.02. The average Bonchev–Trinajstić information content (AvgIpc) is 2.68. The molecule has 0 saturated carbocycles. The summed E-state index contributed by atoms with van der Waals surface area (Å²) in [5.41, 5.74) is 4.73. The number of halogens is 1. The molecule has 0 aliphatic carbocycles. The van der Waals surface area contributed by atoms with Gasteiger partial charge in [-0.15, -0.1) is 0 Å². The number of pyridine rings is 1. The smallest absolute Gasteiger partial charge is 0.145 e. The van der Waals surface area contributed by atoms with E-state index in [-0.39, 0.29) is 0 Å². The van der Waals surface area contributed by atoms with Crippen LogP contribution in [0.25, 0.3) is 16.9 Å². The zero-order valence-electron chi connectivity index (χ0n) is 10.3. The lowest BCUT2D eigenvalue weighted by atomic mass is 10.1. The summed E-state index contributed by atoms with van der Waals surface area (Å²) < 4.78 is 3.00. The van der Waals surface area contributed by atoms with Crippen LogP contribution in [0.4, 0.5) is 0 Å². The minimum atomic E-state index is 0.891. The second kappa shape index (κ2) is 4.25. The number of nitrogens with zero attached hydrogens (tertiary/aromatic N) is 2. The van der Waals surface area contributed by atoms with Crippen LogP contribution in [-0.4, -0.2) is 9.38 Å². The van der Waals surface area contributed by atoms with Crippen molar-refractivity contribution in [3.63, 3.8) is 0 Å². The summed E-state index contributed by atoms with van der Waals surface area (Å²) in [4.78, 5) is 4.61. The van der Waals surface area contributed by atoms with Gasteiger partial charge >= 0.3 is 0 Å². The van der Waals surface area contributed by atoms with E-state index in [0.717, 1.165) is 21.5 Å². The first kappa shape index (κ1) is 11.5. The highest BCUT2D eigenvalue weighted by Gasteiger charge is 2.10. The van der Waals surface area contributed by atoms with Crippen LogP contribution >= 0.6 is 15.9 Å². The van der Waals surface area contributed by atoms with Gasteiger partial charge in [0.15, 0.2) is 0 Å². The second-order valence-electron chi connectivity index (χ2n) is 4.55. The molecule has 1 aromatic carbocycles. The summed E-state index contributed by atoms with van der Waals surface area (Å²) in [6.45, 7) is 4.18. The maximum Gasteiger partial charge on any atom is 0.145 e. The molecular formula is C15H13BrN2. The molecule has 3 heteroatoms. The number of aryl methyl sites for hydroxylation is 2. The third-order valence-corrected chi connectivity index (χ3v) is 3.65. The highest BCUT2D eigenvalue weighted by atomic mass is 79.9. The molecule has 0 radical (unpaired) electrons. The zero-order chi connectivity index (χ0) is 12.7. The van der Waals surface area contributed by atoms with Crippen molar-refractivity contribution in [3.8, 4) is 11.4 Å². The Balaban J connectivity index is 2.26. The normalized spacial score (nSPS) is 11.1. The van der Waals surface area contributed by atoms with Crippen LogP contribution in [0, 0.1) is 13.8 Å². The Morgan fingerprint density at radius 1 is 1.00 bits per heavy atom. The van der Waals surface area contributed by atoms with Crippen molar-refractivity contribution in [2.45, 2.75) is 13.8 Å². The van der Waals surface area contributed by atoms with Crippen molar-refractivity contribution in [1.82, 2.24) is 9.38 Å². The first-order chi connectivity index (χ1) is 8.65.